The second-order valence-electron chi connectivity index (χ2n) is 3.70. The number of amides is 1. The third-order valence-corrected chi connectivity index (χ3v) is 2.61. The van der Waals surface area contributed by atoms with Crippen molar-refractivity contribution in [2.45, 2.75) is 19.4 Å². The van der Waals surface area contributed by atoms with Crippen molar-refractivity contribution in [3.63, 3.8) is 0 Å². The van der Waals surface area contributed by atoms with Gasteiger partial charge in [0.15, 0.2) is 0 Å². The van der Waals surface area contributed by atoms with Gasteiger partial charge in [0.1, 0.15) is 6.04 Å². The van der Waals surface area contributed by atoms with Crippen LogP contribution in [0, 0.1) is 17.0 Å². The maximum atomic E-state index is 10.9. The van der Waals surface area contributed by atoms with Gasteiger partial charge in [-0.05, 0) is 12.5 Å². The van der Waals surface area contributed by atoms with Gasteiger partial charge in [0.05, 0.1) is 4.92 Å². The summed E-state index contributed by atoms with van der Waals surface area (Å²) >= 11 is 0. The minimum absolute atomic E-state index is 0.00157. The SMILES string of the molecule is Cc1c(CC(NC=O)C(=O)O)cccc1[N+](=O)[O-]. The highest BCUT2D eigenvalue weighted by Crippen LogP contribution is 2.22. The molecule has 1 atom stereocenters. The van der Waals surface area contributed by atoms with E-state index in [-0.39, 0.29) is 12.1 Å². The Hall–Kier alpha value is -2.44. The van der Waals surface area contributed by atoms with E-state index in [1.54, 1.807) is 13.0 Å². The summed E-state index contributed by atoms with van der Waals surface area (Å²) in [5.41, 5.74) is 0.857. The number of carboxylic acid groups (broad SMARTS) is 1. The van der Waals surface area contributed by atoms with E-state index in [9.17, 15) is 19.7 Å². The van der Waals surface area contributed by atoms with Crippen molar-refractivity contribution in [3.05, 3.63) is 39.4 Å². The average Bonchev–Trinajstić information content (AvgIpc) is 2.30. The summed E-state index contributed by atoms with van der Waals surface area (Å²) in [6.07, 6.45) is 0.299. The first-order chi connectivity index (χ1) is 8.47. The molecule has 0 aliphatic carbocycles. The second-order valence-corrected chi connectivity index (χ2v) is 3.70. The zero-order valence-corrected chi connectivity index (χ0v) is 9.62. The van der Waals surface area contributed by atoms with Gasteiger partial charge in [-0.25, -0.2) is 4.79 Å². The summed E-state index contributed by atoms with van der Waals surface area (Å²) in [6, 6.07) is 3.34. The molecule has 0 fully saturated rings. The van der Waals surface area contributed by atoms with Crippen LogP contribution >= 0.6 is 0 Å². The molecular formula is C11H12N2O5. The van der Waals surface area contributed by atoms with Gasteiger partial charge in [0.2, 0.25) is 6.41 Å². The number of carbonyl (C=O) groups excluding carboxylic acids is 1. The molecule has 1 unspecified atom stereocenters. The smallest absolute Gasteiger partial charge is 0.326 e. The number of rotatable bonds is 6. The molecule has 1 aromatic carbocycles. The van der Waals surface area contributed by atoms with Crippen LogP contribution in [0.4, 0.5) is 5.69 Å². The Balaban J connectivity index is 3.03. The number of nitro benzene ring substituents is 1. The molecule has 0 spiro atoms. The number of aliphatic carboxylic acids is 1. The van der Waals surface area contributed by atoms with Crippen LogP contribution in [0.2, 0.25) is 0 Å². The molecule has 2 N–H and O–H groups in total. The molecule has 7 heteroatoms. The van der Waals surface area contributed by atoms with E-state index in [4.69, 9.17) is 5.11 Å². The number of nitro groups is 1. The van der Waals surface area contributed by atoms with Gasteiger partial charge in [-0.15, -0.1) is 0 Å². The fraction of sp³-hybridized carbons (Fsp3) is 0.273. The van der Waals surface area contributed by atoms with Gasteiger partial charge in [0.25, 0.3) is 5.69 Å². The van der Waals surface area contributed by atoms with Gasteiger partial charge in [-0.2, -0.15) is 0 Å². The van der Waals surface area contributed by atoms with Gasteiger partial charge in [-0.1, -0.05) is 12.1 Å². The zero-order valence-electron chi connectivity index (χ0n) is 9.62. The van der Waals surface area contributed by atoms with E-state index in [2.05, 4.69) is 5.32 Å². The third kappa shape index (κ3) is 3.03. The van der Waals surface area contributed by atoms with E-state index in [0.717, 1.165) is 0 Å². The Morgan fingerprint density at radius 2 is 2.28 bits per heavy atom. The third-order valence-electron chi connectivity index (χ3n) is 2.61. The standard InChI is InChI=1S/C11H12N2O5/c1-7-8(3-2-4-10(7)13(17)18)5-9(11(15)16)12-6-14/h2-4,6,9H,5H2,1H3,(H,12,14)(H,15,16). The molecule has 18 heavy (non-hydrogen) atoms. The first-order valence-electron chi connectivity index (χ1n) is 5.12. The minimum Gasteiger partial charge on any atom is -0.480 e. The Bertz CT molecular complexity index is 486. The Kier molecular flexibility index (Phi) is 4.36. The van der Waals surface area contributed by atoms with Gasteiger partial charge in [0, 0.05) is 18.1 Å². The van der Waals surface area contributed by atoms with Crippen molar-refractivity contribution in [1.29, 1.82) is 0 Å². The highest BCUT2D eigenvalue weighted by molar-refractivity contribution is 5.76. The normalized spacial score (nSPS) is 11.6. The molecule has 0 bridgehead atoms. The molecule has 7 nitrogen and oxygen atoms in total. The van der Waals surface area contributed by atoms with Crippen molar-refractivity contribution >= 4 is 18.1 Å². The molecule has 1 aromatic rings. The van der Waals surface area contributed by atoms with E-state index in [1.807, 2.05) is 0 Å². The maximum absolute atomic E-state index is 10.9. The zero-order chi connectivity index (χ0) is 13.7. The number of benzene rings is 1. The van der Waals surface area contributed by atoms with Crippen LogP contribution in [-0.4, -0.2) is 28.5 Å². The highest BCUT2D eigenvalue weighted by atomic mass is 16.6. The predicted octanol–water partition coefficient (Wildman–Crippen LogP) is 0.645. The van der Waals surface area contributed by atoms with Crippen LogP contribution < -0.4 is 5.32 Å². The van der Waals surface area contributed by atoms with Crippen LogP contribution in [0.25, 0.3) is 0 Å². The quantitative estimate of drug-likeness (QED) is 0.438. The molecule has 1 rings (SSSR count). The number of nitrogens with zero attached hydrogens (tertiary/aromatic N) is 1. The molecule has 0 aliphatic rings. The first kappa shape index (κ1) is 13.6. The van der Waals surface area contributed by atoms with Crippen molar-refractivity contribution in [2.24, 2.45) is 0 Å². The minimum atomic E-state index is -1.19. The van der Waals surface area contributed by atoms with Crippen molar-refractivity contribution in [2.75, 3.05) is 0 Å². The molecule has 0 heterocycles. The summed E-state index contributed by atoms with van der Waals surface area (Å²) in [7, 11) is 0. The lowest BCUT2D eigenvalue weighted by Crippen LogP contribution is -2.37. The topological polar surface area (TPSA) is 110 Å². The van der Waals surface area contributed by atoms with E-state index >= 15 is 0 Å². The Morgan fingerprint density at radius 3 is 2.78 bits per heavy atom. The fourth-order valence-corrected chi connectivity index (χ4v) is 1.61. The van der Waals surface area contributed by atoms with Gasteiger partial charge < -0.3 is 10.4 Å². The van der Waals surface area contributed by atoms with Gasteiger partial charge >= 0.3 is 5.97 Å². The first-order valence-corrected chi connectivity index (χ1v) is 5.12. The largest absolute Gasteiger partial charge is 0.480 e. The Labute approximate surface area is 103 Å². The summed E-state index contributed by atoms with van der Waals surface area (Å²) in [5, 5.41) is 21.8. The van der Waals surface area contributed by atoms with Crippen molar-refractivity contribution < 1.29 is 19.6 Å². The summed E-state index contributed by atoms with van der Waals surface area (Å²) < 4.78 is 0. The summed E-state index contributed by atoms with van der Waals surface area (Å²) in [5.74, 6) is -1.19. The maximum Gasteiger partial charge on any atom is 0.326 e. The van der Waals surface area contributed by atoms with E-state index in [1.165, 1.54) is 12.1 Å². The lowest BCUT2D eigenvalue weighted by molar-refractivity contribution is -0.385. The molecule has 96 valence electrons. The summed E-state index contributed by atoms with van der Waals surface area (Å²) in [6.45, 7) is 1.55. The lowest BCUT2D eigenvalue weighted by atomic mass is 10.00. The second kappa shape index (κ2) is 5.76. The molecule has 0 saturated heterocycles. The predicted molar refractivity (Wildman–Crippen MR) is 62.2 cm³/mol. The summed E-state index contributed by atoms with van der Waals surface area (Å²) in [4.78, 5) is 31.4. The Morgan fingerprint density at radius 1 is 1.61 bits per heavy atom. The fourth-order valence-electron chi connectivity index (χ4n) is 1.61. The number of carboxylic acids is 1. The molecule has 0 aliphatic heterocycles. The number of hydrogen-bond acceptors (Lipinski definition) is 4. The van der Waals surface area contributed by atoms with Crippen LogP contribution in [-0.2, 0) is 16.0 Å². The van der Waals surface area contributed by atoms with Crippen LogP contribution in [0.5, 0.6) is 0 Å². The highest BCUT2D eigenvalue weighted by Gasteiger charge is 2.20. The van der Waals surface area contributed by atoms with Crippen LogP contribution in [0.1, 0.15) is 11.1 Å². The van der Waals surface area contributed by atoms with E-state index < -0.39 is 16.9 Å². The molecule has 0 saturated carbocycles. The van der Waals surface area contributed by atoms with Crippen molar-refractivity contribution in [1.82, 2.24) is 5.32 Å². The van der Waals surface area contributed by atoms with Gasteiger partial charge in [-0.3, -0.25) is 14.9 Å². The number of nitrogens with one attached hydrogen (secondary N) is 1. The van der Waals surface area contributed by atoms with Crippen LogP contribution in [0.15, 0.2) is 18.2 Å². The molecule has 0 aromatic heterocycles. The molecular weight excluding hydrogens is 240 g/mol. The molecule has 1 amide bonds. The van der Waals surface area contributed by atoms with Crippen molar-refractivity contribution in [3.8, 4) is 0 Å². The number of carbonyl (C=O) groups is 2. The monoisotopic (exact) mass is 252 g/mol. The van der Waals surface area contributed by atoms with E-state index in [0.29, 0.717) is 17.5 Å². The van der Waals surface area contributed by atoms with Crippen LogP contribution in [0.3, 0.4) is 0 Å². The lowest BCUT2D eigenvalue weighted by Gasteiger charge is -2.12. The average molecular weight is 252 g/mol. The molecule has 0 radical (unpaired) electrons. The number of hydrogen-bond donors (Lipinski definition) is 2.